The lowest BCUT2D eigenvalue weighted by Crippen LogP contribution is -2.33. The third kappa shape index (κ3) is 4.03. The molecule has 1 aromatic rings. The molecule has 3 rings (SSSR count). The van der Waals surface area contributed by atoms with Crippen LogP contribution in [0, 0.1) is 0 Å². The smallest absolute Gasteiger partial charge is 0.341 e. The zero-order chi connectivity index (χ0) is 21.3. The Balaban J connectivity index is 1.91. The molecule has 0 radical (unpaired) electrons. The molecule has 29 heavy (non-hydrogen) atoms. The molecule has 4 atom stereocenters. The van der Waals surface area contributed by atoms with Crippen LogP contribution in [0.2, 0.25) is 0 Å². The van der Waals surface area contributed by atoms with Crippen LogP contribution in [0.4, 0.5) is 0 Å². The number of carbonyl (C=O) groups excluding carboxylic acids is 2. The summed E-state index contributed by atoms with van der Waals surface area (Å²) in [5, 5.41) is 0. The van der Waals surface area contributed by atoms with Crippen molar-refractivity contribution >= 4 is 11.9 Å². The van der Waals surface area contributed by atoms with Crippen LogP contribution in [0.1, 0.15) is 46.3 Å². The summed E-state index contributed by atoms with van der Waals surface area (Å²) in [6.07, 6.45) is -0.243. The van der Waals surface area contributed by atoms with Gasteiger partial charge in [-0.05, 0) is 46.8 Å². The van der Waals surface area contributed by atoms with Crippen molar-refractivity contribution in [3.05, 3.63) is 29.3 Å². The zero-order valence-corrected chi connectivity index (χ0v) is 17.4. The number of rotatable bonds is 7. The molecule has 1 saturated heterocycles. The third-order valence-electron chi connectivity index (χ3n) is 5.26. The molecule has 2 aliphatic rings. The Morgan fingerprint density at radius 2 is 1.97 bits per heavy atom. The minimum atomic E-state index is -0.978. The second-order valence-electron chi connectivity index (χ2n) is 7.23. The largest absolute Gasteiger partial charge is 0.493 e. The summed E-state index contributed by atoms with van der Waals surface area (Å²) < 4.78 is 32.9. The molecule has 1 fully saturated rings. The lowest BCUT2D eigenvalue weighted by Gasteiger charge is -2.26. The number of methoxy groups -OCH3 is 1. The predicted octanol–water partition coefficient (Wildman–Crippen LogP) is 3.08. The quantitative estimate of drug-likeness (QED) is 0.387. The number of ether oxygens (including phenoxy) is 6. The molecule has 0 aromatic heterocycles. The minimum Gasteiger partial charge on any atom is -0.493 e. The molecule has 0 amide bonds. The molecule has 0 unspecified atom stereocenters. The van der Waals surface area contributed by atoms with Gasteiger partial charge < -0.3 is 28.4 Å². The van der Waals surface area contributed by atoms with Gasteiger partial charge in [0.05, 0.1) is 13.2 Å². The molecule has 2 aliphatic heterocycles. The third-order valence-corrected chi connectivity index (χ3v) is 5.26. The Hall–Kier alpha value is -2.74. The lowest BCUT2D eigenvalue weighted by molar-refractivity contribution is -0.168. The number of esters is 2. The van der Waals surface area contributed by atoms with Crippen LogP contribution in [0.15, 0.2) is 23.8 Å². The summed E-state index contributed by atoms with van der Waals surface area (Å²) in [6.45, 7) is 8.58. The van der Waals surface area contributed by atoms with Gasteiger partial charge in [0, 0.05) is 11.1 Å². The van der Waals surface area contributed by atoms with Crippen molar-refractivity contribution in [2.24, 2.45) is 0 Å². The average Bonchev–Trinajstić information content (AvgIpc) is 3.09. The summed E-state index contributed by atoms with van der Waals surface area (Å²) in [6, 6.07) is 3.37. The Kier molecular flexibility index (Phi) is 5.75. The van der Waals surface area contributed by atoms with Crippen LogP contribution in [0.3, 0.4) is 0 Å². The van der Waals surface area contributed by atoms with Gasteiger partial charge in [0.15, 0.2) is 23.2 Å². The van der Waals surface area contributed by atoms with Crippen LogP contribution in [-0.2, 0) is 23.8 Å². The number of allylic oxidation sites excluding steroid dienone is 1. The standard InChI is InChI=1S/C21H26O8/c1-7-11(2)19(22)28-17(12(3)27-20(23)21(5)13(4)29-21)14-8-15(24-6)18-16(9-14)25-10-26-18/h7-9,12-13,17H,10H2,1-6H3/t12-,13-,17-,21+/m1/s1. The number of epoxide rings is 1. The first-order valence-electron chi connectivity index (χ1n) is 9.41. The number of carbonyl (C=O) groups is 2. The fourth-order valence-electron chi connectivity index (χ4n) is 2.97. The normalized spacial score (nSPS) is 24.5. The van der Waals surface area contributed by atoms with Gasteiger partial charge in [-0.25, -0.2) is 9.59 Å². The molecule has 8 nitrogen and oxygen atoms in total. The first-order valence-corrected chi connectivity index (χ1v) is 9.41. The Morgan fingerprint density at radius 1 is 1.28 bits per heavy atom. The van der Waals surface area contributed by atoms with Crippen LogP contribution >= 0.6 is 0 Å². The van der Waals surface area contributed by atoms with Crippen molar-refractivity contribution in [1.82, 2.24) is 0 Å². The maximum atomic E-state index is 12.5. The molecule has 0 spiro atoms. The van der Waals surface area contributed by atoms with E-state index in [1.165, 1.54) is 7.11 Å². The number of hydrogen-bond acceptors (Lipinski definition) is 8. The van der Waals surface area contributed by atoms with E-state index in [-0.39, 0.29) is 12.9 Å². The van der Waals surface area contributed by atoms with E-state index in [0.29, 0.717) is 28.4 Å². The molecule has 0 bridgehead atoms. The van der Waals surface area contributed by atoms with Crippen molar-refractivity contribution < 1.29 is 38.0 Å². The number of hydrogen-bond donors (Lipinski definition) is 0. The zero-order valence-electron chi connectivity index (χ0n) is 17.4. The van der Waals surface area contributed by atoms with E-state index in [1.54, 1.807) is 52.8 Å². The molecule has 0 aliphatic carbocycles. The van der Waals surface area contributed by atoms with Crippen molar-refractivity contribution in [1.29, 1.82) is 0 Å². The van der Waals surface area contributed by atoms with E-state index >= 15 is 0 Å². The highest BCUT2D eigenvalue weighted by Crippen LogP contribution is 2.44. The van der Waals surface area contributed by atoms with Gasteiger partial charge in [0.25, 0.3) is 0 Å². The van der Waals surface area contributed by atoms with E-state index in [2.05, 4.69) is 0 Å². The van der Waals surface area contributed by atoms with Gasteiger partial charge in [-0.1, -0.05) is 6.08 Å². The second kappa shape index (κ2) is 7.94. The molecule has 8 heteroatoms. The number of benzene rings is 1. The maximum Gasteiger partial charge on any atom is 0.341 e. The highest BCUT2D eigenvalue weighted by Gasteiger charge is 2.57. The van der Waals surface area contributed by atoms with E-state index in [9.17, 15) is 9.59 Å². The van der Waals surface area contributed by atoms with Gasteiger partial charge >= 0.3 is 11.9 Å². The summed E-state index contributed by atoms with van der Waals surface area (Å²) in [5.41, 5.74) is 0.0140. The molecule has 0 N–H and O–H groups in total. The highest BCUT2D eigenvalue weighted by atomic mass is 16.7. The topological polar surface area (TPSA) is 92.8 Å². The fourth-order valence-corrected chi connectivity index (χ4v) is 2.97. The van der Waals surface area contributed by atoms with Crippen LogP contribution in [-0.4, -0.2) is 43.7 Å². The summed E-state index contributed by atoms with van der Waals surface area (Å²) in [4.78, 5) is 25.0. The summed E-state index contributed by atoms with van der Waals surface area (Å²) in [5.74, 6) is 0.354. The first-order chi connectivity index (χ1) is 13.7. The first kappa shape index (κ1) is 21.0. The van der Waals surface area contributed by atoms with Crippen molar-refractivity contribution in [2.75, 3.05) is 13.9 Å². The lowest BCUT2D eigenvalue weighted by atomic mass is 10.0. The maximum absolute atomic E-state index is 12.5. The van der Waals surface area contributed by atoms with Gasteiger partial charge in [-0.3, -0.25) is 0 Å². The Bertz CT molecular complexity index is 845. The van der Waals surface area contributed by atoms with Crippen LogP contribution in [0.5, 0.6) is 17.2 Å². The molecule has 1 aromatic carbocycles. The Morgan fingerprint density at radius 3 is 2.55 bits per heavy atom. The number of fused-ring (bicyclic) bond motifs is 1. The van der Waals surface area contributed by atoms with Crippen LogP contribution < -0.4 is 14.2 Å². The second-order valence-corrected chi connectivity index (χ2v) is 7.23. The van der Waals surface area contributed by atoms with Crippen molar-refractivity contribution in [3.8, 4) is 17.2 Å². The van der Waals surface area contributed by atoms with Crippen molar-refractivity contribution in [3.63, 3.8) is 0 Å². The monoisotopic (exact) mass is 406 g/mol. The van der Waals surface area contributed by atoms with E-state index < -0.39 is 29.7 Å². The van der Waals surface area contributed by atoms with Crippen molar-refractivity contribution in [2.45, 2.75) is 58.5 Å². The molecule has 158 valence electrons. The molecule has 2 heterocycles. The van der Waals surface area contributed by atoms with Crippen LogP contribution in [0.25, 0.3) is 0 Å². The average molecular weight is 406 g/mol. The molecular formula is C21H26O8. The molecule has 0 saturated carbocycles. The van der Waals surface area contributed by atoms with Gasteiger partial charge in [0.2, 0.25) is 12.5 Å². The van der Waals surface area contributed by atoms with E-state index in [4.69, 9.17) is 28.4 Å². The van der Waals surface area contributed by atoms with E-state index in [1.807, 2.05) is 0 Å². The van der Waals surface area contributed by atoms with Gasteiger partial charge in [-0.15, -0.1) is 0 Å². The minimum absolute atomic E-state index is 0.0649. The SMILES string of the molecule is CC=C(C)C(=O)O[C@@H](c1cc(OC)c2c(c1)OCO2)[C@@H](C)OC(=O)[C@@]1(C)O[C@@H]1C. The Labute approximate surface area is 169 Å². The molecular weight excluding hydrogens is 380 g/mol. The highest BCUT2D eigenvalue weighted by molar-refractivity contribution is 5.88. The fraction of sp³-hybridized carbons (Fsp3) is 0.524. The predicted molar refractivity (Wildman–Crippen MR) is 102 cm³/mol. The van der Waals surface area contributed by atoms with Gasteiger partial charge in [-0.2, -0.15) is 0 Å². The van der Waals surface area contributed by atoms with Gasteiger partial charge in [0.1, 0.15) is 6.10 Å². The van der Waals surface area contributed by atoms with E-state index in [0.717, 1.165) is 0 Å². The summed E-state index contributed by atoms with van der Waals surface area (Å²) >= 11 is 0. The summed E-state index contributed by atoms with van der Waals surface area (Å²) in [7, 11) is 1.50.